The zero-order chi connectivity index (χ0) is 16.8. The molecule has 0 spiro atoms. The Morgan fingerprint density at radius 3 is 2.52 bits per heavy atom. The number of carbonyl (C=O) groups excluding carboxylic acids is 1. The molecule has 1 atom stereocenters. The van der Waals surface area contributed by atoms with Crippen molar-refractivity contribution in [2.24, 2.45) is 0 Å². The SMILES string of the molecule is CCC(Oc1ccc(Cl)cc1Cl)C(=O)NCc1ccc(F)cc1. The van der Waals surface area contributed by atoms with Gasteiger partial charge in [0.05, 0.1) is 5.02 Å². The molecular weight excluding hydrogens is 340 g/mol. The highest BCUT2D eigenvalue weighted by Crippen LogP contribution is 2.28. The quantitative estimate of drug-likeness (QED) is 0.821. The molecule has 2 aromatic rings. The van der Waals surface area contributed by atoms with Gasteiger partial charge in [0.25, 0.3) is 5.91 Å². The van der Waals surface area contributed by atoms with E-state index in [2.05, 4.69) is 5.32 Å². The van der Waals surface area contributed by atoms with Crippen LogP contribution in [-0.4, -0.2) is 12.0 Å². The smallest absolute Gasteiger partial charge is 0.261 e. The molecule has 0 aliphatic rings. The number of amides is 1. The summed E-state index contributed by atoms with van der Waals surface area (Å²) < 4.78 is 18.5. The molecule has 122 valence electrons. The summed E-state index contributed by atoms with van der Waals surface area (Å²) in [5, 5.41) is 3.61. The second-order valence-corrected chi connectivity index (χ2v) is 5.78. The van der Waals surface area contributed by atoms with E-state index < -0.39 is 6.10 Å². The highest BCUT2D eigenvalue weighted by molar-refractivity contribution is 6.35. The van der Waals surface area contributed by atoms with E-state index in [0.29, 0.717) is 28.8 Å². The Morgan fingerprint density at radius 2 is 1.91 bits per heavy atom. The van der Waals surface area contributed by atoms with Gasteiger partial charge in [0.15, 0.2) is 6.10 Å². The topological polar surface area (TPSA) is 38.3 Å². The summed E-state index contributed by atoms with van der Waals surface area (Å²) in [6, 6.07) is 10.8. The Labute approximate surface area is 144 Å². The number of hydrogen-bond donors (Lipinski definition) is 1. The molecule has 0 aliphatic carbocycles. The van der Waals surface area contributed by atoms with Gasteiger partial charge in [0.2, 0.25) is 0 Å². The fraction of sp³-hybridized carbons (Fsp3) is 0.235. The summed E-state index contributed by atoms with van der Waals surface area (Å²) >= 11 is 11.9. The molecular formula is C17H16Cl2FNO2. The molecule has 0 saturated carbocycles. The summed E-state index contributed by atoms with van der Waals surface area (Å²) in [5.74, 6) is -0.171. The lowest BCUT2D eigenvalue weighted by Gasteiger charge is -2.18. The minimum absolute atomic E-state index is 0.261. The van der Waals surface area contributed by atoms with Gasteiger partial charge in [-0.05, 0) is 42.3 Å². The largest absolute Gasteiger partial charge is 0.479 e. The highest BCUT2D eigenvalue weighted by Gasteiger charge is 2.19. The molecule has 0 fully saturated rings. The number of hydrogen-bond acceptors (Lipinski definition) is 2. The molecule has 3 nitrogen and oxygen atoms in total. The van der Waals surface area contributed by atoms with E-state index >= 15 is 0 Å². The third-order valence-electron chi connectivity index (χ3n) is 3.21. The molecule has 23 heavy (non-hydrogen) atoms. The van der Waals surface area contributed by atoms with Crippen molar-refractivity contribution in [3.63, 3.8) is 0 Å². The molecule has 1 N–H and O–H groups in total. The average Bonchev–Trinajstić information content (AvgIpc) is 2.53. The molecule has 0 aliphatic heterocycles. The number of halogens is 3. The van der Waals surface area contributed by atoms with Gasteiger partial charge in [-0.25, -0.2) is 4.39 Å². The van der Waals surface area contributed by atoms with Gasteiger partial charge in [-0.1, -0.05) is 42.3 Å². The zero-order valence-corrected chi connectivity index (χ0v) is 14.0. The molecule has 1 amide bonds. The summed E-state index contributed by atoms with van der Waals surface area (Å²) in [6.07, 6.45) is -0.192. The third kappa shape index (κ3) is 5.12. The van der Waals surface area contributed by atoms with Gasteiger partial charge in [-0.15, -0.1) is 0 Å². The monoisotopic (exact) mass is 355 g/mol. The van der Waals surface area contributed by atoms with Gasteiger partial charge in [0.1, 0.15) is 11.6 Å². The van der Waals surface area contributed by atoms with Crippen molar-refractivity contribution in [3.8, 4) is 5.75 Å². The van der Waals surface area contributed by atoms with Crippen LogP contribution >= 0.6 is 23.2 Å². The van der Waals surface area contributed by atoms with E-state index in [4.69, 9.17) is 27.9 Å². The predicted octanol–water partition coefficient (Wildman–Crippen LogP) is 4.61. The molecule has 0 radical (unpaired) electrons. The number of nitrogens with one attached hydrogen (secondary N) is 1. The van der Waals surface area contributed by atoms with E-state index in [1.54, 1.807) is 30.3 Å². The maximum atomic E-state index is 12.8. The lowest BCUT2D eigenvalue weighted by atomic mass is 10.2. The van der Waals surface area contributed by atoms with Crippen LogP contribution in [0.5, 0.6) is 5.75 Å². The van der Waals surface area contributed by atoms with E-state index in [9.17, 15) is 9.18 Å². The maximum Gasteiger partial charge on any atom is 0.261 e. The second-order valence-electron chi connectivity index (χ2n) is 4.93. The number of ether oxygens (including phenoxy) is 1. The summed E-state index contributed by atoms with van der Waals surface area (Å²) in [6.45, 7) is 2.14. The van der Waals surface area contributed by atoms with Crippen LogP contribution in [0.3, 0.4) is 0 Å². The van der Waals surface area contributed by atoms with Crippen molar-refractivity contribution in [1.29, 1.82) is 0 Å². The molecule has 0 aromatic heterocycles. The lowest BCUT2D eigenvalue weighted by Crippen LogP contribution is -2.37. The highest BCUT2D eigenvalue weighted by atomic mass is 35.5. The maximum absolute atomic E-state index is 12.8. The predicted molar refractivity (Wildman–Crippen MR) is 89.4 cm³/mol. The van der Waals surface area contributed by atoms with Crippen LogP contribution in [0.25, 0.3) is 0 Å². The first-order valence-corrected chi connectivity index (χ1v) is 7.89. The minimum atomic E-state index is -0.672. The fourth-order valence-electron chi connectivity index (χ4n) is 1.95. The van der Waals surface area contributed by atoms with Crippen molar-refractivity contribution >= 4 is 29.1 Å². The van der Waals surface area contributed by atoms with Crippen LogP contribution < -0.4 is 10.1 Å². The summed E-state index contributed by atoms with van der Waals surface area (Å²) in [7, 11) is 0. The molecule has 1 unspecified atom stereocenters. The molecule has 6 heteroatoms. The Bertz CT molecular complexity index is 677. The number of carbonyl (C=O) groups is 1. The molecule has 0 bridgehead atoms. The zero-order valence-electron chi connectivity index (χ0n) is 12.5. The number of rotatable bonds is 6. The molecule has 0 saturated heterocycles. The molecule has 0 heterocycles. The van der Waals surface area contributed by atoms with Gasteiger partial charge in [-0.2, -0.15) is 0 Å². The van der Waals surface area contributed by atoms with E-state index in [1.807, 2.05) is 6.92 Å². The lowest BCUT2D eigenvalue weighted by molar-refractivity contribution is -0.128. The van der Waals surface area contributed by atoms with Crippen LogP contribution in [0, 0.1) is 5.82 Å². The van der Waals surface area contributed by atoms with Crippen LogP contribution in [0.2, 0.25) is 10.0 Å². The minimum Gasteiger partial charge on any atom is -0.479 e. The first kappa shape index (κ1) is 17.6. The van der Waals surface area contributed by atoms with Gasteiger partial charge >= 0.3 is 0 Å². The average molecular weight is 356 g/mol. The van der Waals surface area contributed by atoms with Crippen molar-refractivity contribution < 1.29 is 13.9 Å². The van der Waals surface area contributed by atoms with Crippen molar-refractivity contribution in [2.45, 2.75) is 26.0 Å². The Kier molecular flexibility index (Phi) is 6.25. The first-order chi connectivity index (χ1) is 11.0. The van der Waals surface area contributed by atoms with Gasteiger partial charge in [0, 0.05) is 11.6 Å². The van der Waals surface area contributed by atoms with Crippen LogP contribution in [0.15, 0.2) is 42.5 Å². The van der Waals surface area contributed by atoms with Crippen molar-refractivity contribution in [1.82, 2.24) is 5.32 Å². The Balaban J connectivity index is 1.96. The van der Waals surface area contributed by atoms with Crippen LogP contribution in [0.4, 0.5) is 4.39 Å². The van der Waals surface area contributed by atoms with Crippen molar-refractivity contribution in [3.05, 3.63) is 63.9 Å². The second kappa shape index (κ2) is 8.18. The third-order valence-corrected chi connectivity index (χ3v) is 3.74. The normalized spacial score (nSPS) is 11.8. The summed E-state index contributed by atoms with van der Waals surface area (Å²) in [5.41, 5.74) is 0.805. The number of benzene rings is 2. The van der Waals surface area contributed by atoms with E-state index in [0.717, 1.165) is 5.56 Å². The first-order valence-electron chi connectivity index (χ1n) is 7.13. The standard InChI is InChI=1S/C17H16Cl2FNO2/c1-2-15(23-16-8-5-12(18)9-14(16)19)17(22)21-10-11-3-6-13(20)7-4-11/h3-9,15H,2,10H2,1H3,(H,21,22). The summed E-state index contributed by atoms with van der Waals surface area (Å²) in [4.78, 5) is 12.2. The van der Waals surface area contributed by atoms with E-state index in [1.165, 1.54) is 12.1 Å². The van der Waals surface area contributed by atoms with Crippen molar-refractivity contribution in [2.75, 3.05) is 0 Å². The van der Waals surface area contributed by atoms with Gasteiger partial charge in [-0.3, -0.25) is 4.79 Å². The molecule has 2 aromatic carbocycles. The van der Waals surface area contributed by atoms with Crippen LogP contribution in [-0.2, 0) is 11.3 Å². The van der Waals surface area contributed by atoms with Gasteiger partial charge < -0.3 is 10.1 Å². The Morgan fingerprint density at radius 1 is 1.22 bits per heavy atom. The fourth-order valence-corrected chi connectivity index (χ4v) is 2.40. The molecule has 2 rings (SSSR count). The van der Waals surface area contributed by atoms with E-state index in [-0.39, 0.29) is 11.7 Å². The Hall–Kier alpha value is -1.78. The van der Waals surface area contributed by atoms with Crippen LogP contribution in [0.1, 0.15) is 18.9 Å².